The van der Waals surface area contributed by atoms with Gasteiger partial charge in [-0.05, 0) is 38.3 Å². The van der Waals surface area contributed by atoms with Crippen molar-refractivity contribution in [3.63, 3.8) is 0 Å². The second kappa shape index (κ2) is 24.4. The zero-order valence-electron chi connectivity index (χ0n) is 21.1. The van der Waals surface area contributed by atoms with Crippen LogP contribution >= 0.6 is 0 Å². The molecule has 0 radical (unpaired) electrons. The van der Waals surface area contributed by atoms with Crippen LogP contribution in [0, 0.1) is 0 Å². The third-order valence-corrected chi connectivity index (χ3v) is 5.15. The number of phenols is 2. The van der Waals surface area contributed by atoms with Gasteiger partial charge in [0.05, 0.1) is 0 Å². The Kier molecular flexibility index (Phi) is 24.4. The minimum atomic E-state index is -1.08. The van der Waals surface area contributed by atoms with Gasteiger partial charge in [-0.15, -0.1) is 0 Å². The van der Waals surface area contributed by atoms with E-state index in [-0.39, 0.29) is 11.5 Å². The number of aliphatic carboxylic acids is 2. The second-order valence-electron chi connectivity index (χ2n) is 8.47. The van der Waals surface area contributed by atoms with Crippen molar-refractivity contribution in [3.05, 3.63) is 23.8 Å². The smallest absolute Gasteiger partial charge is 0.160 e. The van der Waals surface area contributed by atoms with Crippen molar-refractivity contribution in [3.8, 4) is 11.5 Å². The number of benzene rings is 1. The van der Waals surface area contributed by atoms with E-state index in [1.165, 1.54) is 96.0 Å². The predicted octanol–water partition coefficient (Wildman–Crippen LogP) is 5.02. The topological polar surface area (TPSA) is 121 Å². The molecular formula is C27H46O6-2. The highest BCUT2D eigenvalue weighted by Gasteiger charge is 2.04. The van der Waals surface area contributed by atoms with Gasteiger partial charge in [-0.2, -0.15) is 0 Å². The van der Waals surface area contributed by atoms with Gasteiger partial charge < -0.3 is 30.0 Å². The molecule has 6 nitrogen and oxygen atoms in total. The number of aryl methyl sites for hydroxylation is 1. The highest BCUT2D eigenvalue weighted by atomic mass is 16.4. The number of hydrogen-bond donors (Lipinski definition) is 2. The van der Waals surface area contributed by atoms with Crippen LogP contribution in [0.4, 0.5) is 0 Å². The third-order valence-electron chi connectivity index (χ3n) is 5.15. The van der Waals surface area contributed by atoms with E-state index in [9.17, 15) is 10.2 Å². The minimum Gasteiger partial charge on any atom is -0.550 e. The number of phenolic OH excluding ortho intramolecular Hbond substituents is 2. The van der Waals surface area contributed by atoms with Crippen LogP contribution < -0.4 is 10.2 Å². The van der Waals surface area contributed by atoms with Crippen LogP contribution in [0.5, 0.6) is 11.5 Å². The quantitative estimate of drug-likeness (QED) is 0.260. The molecule has 0 aliphatic heterocycles. The summed E-state index contributed by atoms with van der Waals surface area (Å²) in [6.07, 6.45) is 21.3. The summed E-state index contributed by atoms with van der Waals surface area (Å²) in [6.45, 7) is 4.22. The van der Waals surface area contributed by atoms with Crippen molar-refractivity contribution in [1.82, 2.24) is 0 Å². The molecule has 6 heteroatoms. The lowest BCUT2D eigenvalue weighted by Gasteiger charge is -2.06. The lowest BCUT2D eigenvalue weighted by molar-refractivity contribution is -0.303. The molecule has 0 unspecified atom stereocenters. The minimum absolute atomic E-state index is 0.00143. The zero-order chi connectivity index (χ0) is 25.3. The number of carboxylic acids is 2. The fourth-order valence-electron chi connectivity index (χ4n) is 3.47. The lowest BCUT2D eigenvalue weighted by Crippen LogP contribution is -2.16. The molecular weight excluding hydrogens is 420 g/mol. The number of carboxylic acid groups (broad SMARTS) is 2. The average Bonchev–Trinajstić information content (AvgIpc) is 2.73. The van der Waals surface area contributed by atoms with E-state index < -0.39 is 11.9 Å². The zero-order valence-corrected chi connectivity index (χ0v) is 21.1. The molecule has 0 spiro atoms. The Labute approximate surface area is 201 Å². The normalized spacial score (nSPS) is 9.91. The fraction of sp³-hybridized carbons (Fsp3) is 0.704. The second-order valence-corrected chi connectivity index (χ2v) is 8.47. The van der Waals surface area contributed by atoms with E-state index in [0.29, 0.717) is 0 Å². The van der Waals surface area contributed by atoms with Crippen LogP contribution in [-0.2, 0) is 16.0 Å². The van der Waals surface area contributed by atoms with E-state index in [4.69, 9.17) is 19.8 Å². The van der Waals surface area contributed by atoms with E-state index in [1.54, 1.807) is 6.07 Å². The molecule has 0 amide bonds. The maximum Gasteiger partial charge on any atom is 0.160 e. The van der Waals surface area contributed by atoms with Crippen molar-refractivity contribution in [1.29, 1.82) is 0 Å². The van der Waals surface area contributed by atoms with Gasteiger partial charge in [0.1, 0.15) is 0 Å². The van der Waals surface area contributed by atoms with E-state index in [2.05, 4.69) is 6.92 Å². The van der Waals surface area contributed by atoms with E-state index >= 15 is 0 Å². The first kappa shape index (κ1) is 32.9. The summed E-state index contributed by atoms with van der Waals surface area (Å²) in [4.78, 5) is 17.8. The van der Waals surface area contributed by atoms with E-state index in [1.807, 2.05) is 6.07 Å². The largest absolute Gasteiger partial charge is 0.550 e. The van der Waals surface area contributed by atoms with Crippen LogP contribution in [0.1, 0.15) is 123 Å². The number of carbonyl (C=O) groups excluding carboxylic acids is 2. The lowest BCUT2D eigenvalue weighted by atomic mass is 10.0. The molecule has 1 aromatic rings. The Balaban J connectivity index is 0. The third kappa shape index (κ3) is 27.7. The summed E-state index contributed by atoms with van der Waals surface area (Å²) >= 11 is 0. The molecule has 0 aliphatic rings. The van der Waals surface area contributed by atoms with Crippen LogP contribution in [0.3, 0.4) is 0 Å². The number of aromatic hydroxyl groups is 2. The van der Waals surface area contributed by atoms with Gasteiger partial charge in [-0.25, -0.2) is 0 Å². The SMILES string of the molecule is CC(=O)[O-].CC(=O)[O-].CCCCCCCCCCCCCCCCCc1cccc(O)c1O. The number of para-hydroxylation sites is 1. The summed E-state index contributed by atoms with van der Waals surface area (Å²) < 4.78 is 0. The molecule has 192 valence electrons. The molecule has 33 heavy (non-hydrogen) atoms. The van der Waals surface area contributed by atoms with Gasteiger partial charge in [0, 0.05) is 11.9 Å². The maximum atomic E-state index is 9.76. The van der Waals surface area contributed by atoms with Gasteiger partial charge in [0.15, 0.2) is 11.5 Å². The summed E-state index contributed by atoms with van der Waals surface area (Å²) in [5.41, 5.74) is 0.870. The van der Waals surface area contributed by atoms with Crippen LogP contribution in [0.2, 0.25) is 0 Å². The molecule has 0 bridgehead atoms. The Morgan fingerprint density at radius 1 is 0.667 bits per heavy atom. The molecule has 2 N–H and O–H groups in total. The summed E-state index contributed by atoms with van der Waals surface area (Å²) in [5.74, 6) is -2.11. The summed E-state index contributed by atoms with van der Waals surface area (Å²) in [5, 5.41) is 37.0. The van der Waals surface area contributed by atoms with Crippen molar-refractivity contribution in [2.24, 2.45) is 0 Å². The van der Waals surface area contributed by atoms with Gasteiger partial charge in [-0.3, -0.25) is 0 Å². The van der Waals surface area contributed by atoms with Crippen molar-refractivity contribution >= 4 is 11.9 Å². The highest BCUT2D eigenvalue weighted by molar-refractivity contribution is 5.60. The van der Waals surface area contributed by atoms with E-state index in [0.717, 1.165) is 32.3 Å². The molecule has 0 saturated carbocycles. The molecule has 0 heterocycles. The number of rotatable bonds is 16. The van der Waals surface area contributed by atoms with Gasteiger partial charge in [0.25, 0.3) is 0 Å². The van der Waals surface area contributed by atoms with Crippen LogP contribution in [0.25, 0.3) is 0 Å². The number of hydrogen-bond acceptors (Lipinski definition) is 6. The number of carbonyl (C=O) groups is 2. The van der Waals surface area contributed by atoms with Crippen LogP contribution in [0.15, 0.2) is 18.2 Å². The maximum absolute atomic E-state index is 9.76. The Hall–Kier alpha value is -2.24. The first-order chi connectivity index (χ1) is 15.7. The molecule has 0 aromatic heterocycles. The fourth-order valence-corrected chi connectivity index (χ4v) is 3.47. The molecule has 1 aromatic carbocycles. The summed E-state index contributed by atoms with van der Waals surface area (Å²) in [6, 6.07) is 5.24. The van der Waals surface area contributed by atoms with Crippen molar-refractivity contribution in [2.45, 2.75) is 124 Å². The molecule has 1 rings (SSSR count). The van der Waals surface area contributed by atoms with Crippen LogP contribution in [-0.4, -0.2) is 22.2 Å². The van der Waals surface area contributed by atoms with Gasteiger partial charge in [-0.1, -0.05) is 109 Å². The standard InChI is InChI=1S/C23H40O2.2C2H4O2/c1-2-3-4-5-6-7-8-9-10-11-12-13-14-15-16-18-21-19-17-20-22(24)23(21)25;2*1-2(3)4/h17,19-20,24-25H,2-16,18H2,1H3;2*1H3,(H,3,4)/p-2. The molecule has 0 saturated heterocycles. The highest BCUT2D eigenvalue weighted by Crippen LogP contribution is 2.29. The Morgan fingerprint density at radius 2 is 1.00 bits per heavy atom. The summed E-state index contributed by atoms with van der Waals surface area (Å²) in [7, 11) is 0. The Morgan fingerprint density at radius 3 is 1.36 bits per heavy atom. The average molecular weight is 467 g/mol. The predicted molar refractivity (Wildman–Crippen MR) is 130 cm³/mol. The van der Waals surface area contributed by atoms with Gasteiger partial charge in [0.2, 0.25) is 0 Å². The monoisotopic (exact) mass is 466 g/mol. The molecule has 0 aliphatic carbocycles. The van der Waals surface area contributed by atoms with Gasteiger partial charge >= 0.3 is 0 Å². The van der Waals surface area contributed by atoms with Crippen molar-refractivity contribution < 1.29 is 30.0 Å². The number of unbranched alkanes of at least 4 members (excludes halogenated alkanes) is 14. The molecule has 0 fully saturated rings. The molecule has 0 atom stereocenters. The first-order valence-electron chi connectivity index (χ1n) is 12.6. The van der Waals surface area contributed by atoms with Crippen molar-refractivity contribution in [2.75, 3.05) is 0 Å². The first-order valence-corrected chi connectivity index (χ1v) is 12.6. The Bertz CT molecular complexity index is 580.